The van der Waals surface area contributed by atoms with Gasteiger partial charge in [0.15, 0.2) is 6.61 Å². The zero-order chi connectivity index (χ0) is 14.3. The molecule has 1 aromatic rings. The van der Waals surface area contributed by atoms with Gasteiger partial charge in [0.1, 0.15) is 5.75 Å². The van der Waals surface area contributed by atoms with E-state index in [1.54, 1.807) is 12.1 Å². The number of ether oxygens (including phenoxy) is 2. The molecule has 1 rings (SSSR count). The number of carbonyl (C=O) groups is 2. The zero-order valence-electron chi connectivity index (χ0n) is 11.4. The van der Waals surface area contributed by atoms with E-state index in [0.29, 0.717) is 12.3 Å². The fourth-order valence-electron chi connectivity index (χ4n) is 1.51. The zero-order valence-corrected chi connectivity index (χ0v) is 11.4. The van der Waals surface area contributed by atoms with Crippen molar-refractivity contribution in [1.29, 1.82) is 0 Å². The second-order valence-electron chi connectivity index (χ2n) is 4.27. The van der Waals surface area contributed by atoms with E-state index in [1.807, 2.05) is 19.1 Å². The first-order valence-corrected chi connectivity index (χ1v) is 6.07. The van der Waals surface area contributed by atoms with Crippen LogP contribution in [0.3, 0.4) is 0 Å². The minimum absolute atomic E-state index is 0.0371. The first kappa shape index (κ1) is 15.0. The second kappa shape index (κ2) is 7.41. The first-order valence-electron chi connectivity index (χ1n) is 6.07. The van der Waals surface area contributed by atoms with E-state index in [9.17, 15) is 9.59 Å². The van der Waals surface area contributed by atoms with Gasteiger partial charge in [-0.2, -0.15) is 0 Å². The third kappa shape index (κ3) is 5.42. The molecule has 5 heteroatoms. The van der Waals surface area contributed by atoms with Gasteiger partial charge in [0.05, 0.1) is 7.11 Å². The van der Waals surface area contributed by atoms with E-state index in [-0.39, 0.29) is 18.4 Å². The minimum atomic E-state index is -0.414. The molecule has 0 aliphatic heterocycles. The largest absolute Gasteiger partial charge is 0.482 e. The molecule has 0 radical (unpaired) electrons. The van der Waals surface area contributed by atoms with Gasteiger partial charge >= 0.3 is 5.97 Å². The molecule has 104 valence electrons. The summed E-state index contributed by atoms with van der Waals surface area (Å²) in [7, 11) is 1.32. The van der Waals surface area contributed by atoms with Crippen LogP contribution in [-0.2, 0) is 14.3 Å². The summed E-state index contributed by atoms with van der Waals surface area (Å²) in [5.41, 5.74) is 1.10. The Kier molecular flexibility index (Phi) is 5.85. The Bertz CT molecular complexity index is 428. The molecule has 0 aliphatic rings. The van der Waals surface area contributed by atoms with Crippen molar-refractivity contribution in [3.8, 4) is 5.75 Å². The molecule has 1 N–H and O–H groups in total. The van der Waals surface area contributed by atoms with Crippen LogP contribution in [0.15, 0.2) is 24.3 Å². The lowest BCUT2D eigenvalue weighted by molar-refractivity contribution is -0.142. The SMILES string of the molecule is COC(=O)COc1ccc(C(C)CNC(C)=O)cc1. The third-order valence-corrected chi connectivity index (χ3v) is 2.69. The monoisotopic (exact) mass is 265 g/mol. The molecule has 0 bridgehead atoms. The summed E-state index contributed by atoms with van der Waals surface area (Å²) in [5.74, 6) is 0.382. The number of nitrogens with one attached hydrogen (secondary N) is 1. The van der Waals surface area contributed by atoms with E-state index in [0.717, 1.165) is 5.56 Å². The molecule has 0 aromatic heterocycles. The molecule has 0 spiro atoms. The van der Waals surface area contributed by atoms with Crippen LogP contribution >= 0.6 is 0 Å². The molecule has 19 heavy (non-hydrogen) atoms. The quantitative estimate of drug-likeness (QED) is 0.791. The maximum atomic E-state index is 10.9. The Morgan fingerprint density at radius 1 is 1.26 bits per heavy atom. The summed E-state index contributed by atoms with van der Waals surface area (Å²) >= 11 is 0. The second-order valence-corrected chi connectivity index (χ2v) is 4.27. The van der Waals surface area contributed by atoms with Gasteiger partial charge in [0.25, 0.3) is 0 Å². The van der Waals surface area contributed by atoms with E-state index in [1.165, 1.54) is 14.0 Å². The highest BCUT2D eigenvalue weighted by atomic mass is 16.6. The Morgan fingerprint density at radius 3 is 2.42 bits per heavy atom. The van der Waals surface area contributed by atoms with Crippen LogP contribution in [0.5, 0.6) is 5.75 Å². The Labute approximate surface area is 112 Å². The van der Waals surface area contributed by atoms with Crippen molar-refractivity contribution in [2.24, 2.45) is 0 Å². The van der Waals surface area contributed by atoms with Crippen molar-refractivity contribution >= 4 is 11.9 Å². The van der Waals surface area contributed by atoms with Crippen LogP contribution in [0.2, 0.25) is 0 Å². The highest BCUT2D eigenvalue weighted by molar-refractivity contribution is 5.72. The Hall–Kier alpha value is -2.04. The molecule has 0 saturated heterocycles. The summed E-state index contributed by atoms with van der Waals surface area (Å²) in [6, 6.07) is 7.42. The normalized spacial score (nSPS) is 11.5. The van der Waals surface area contributed by atoms with Gasteiger partial charge in [-0.25, -0.2) is 4.79 Å². The van der Waals surface area contributed by atoms with Crippen LogP contribution in [0.25, 0.3) is 0 Å². The highest BCUT2D eigenvalue weighted by Crippen LogP contribution is 2.18. The van der Waals surface area contributed by atoms with Crippen molar-refractivity contribution in [1.82, 2.24) is 5.32 Å². The number of methoxy groups -OCH3 is 1. The molecule has 5 nitrogen and oxygen atoms in total. The lowest BCUT2D eigenvalue weighted by Gasteiger charge is -2.13. The van der Waals surface area contributed by atoms with Gasteiger partial charge < -0.3 is 14.8 Å². The van der Waals surface area contributed by atoms with E-state index >= 15 is 0 Å². The topological polar surface area (TPSA) is 64.6 Å². The number of rotatable bonds is 6. The van der Waals surface area contributed by atoms with E-state index in [4.69, 9.17) is 4.74 Å². The number of hydrogen-bond donors (Lipinski definition) is 1. The van der Waals surface area contributed by atoms with Crippen molar-refractivity contribution < 1.29 is 19.1 Å². The van der Waals surface area contributed by atoms with Crippen LogP contribution in [-0.4, -0.2) is 32.1 Å². The Morgan fingerprint density at radius 2 is 1.89 bits per heavy atom. The van der Waals surface area contributed by atoms with Gasteiger partial charge in [0.2, 0.25) is 5.91 Å². The smallest absolute Gasteiger partial charge is 0.343 e. The fourth-order valence-corrected chi connectivity index (χ4v) is 1.51. The maximum absolute atomic E-state index is 10.9. The fraction of sp³-hybridized carbons (Fsp3) is 0.429. The average Bonchev–Trinajstić information content (AvgIpc) is 2.42. The number of esters is 1. The van der Waals surface area contributed by atoms with Crippen molar-refractivity contribution in [3.05, 3.63) is 29.8 Å². The van der Waals surface area contributed by atoms with E-state index < -0.39 is 5.97 Å². The summed E-state index contributed by atoms with van der Waals surface area (Å²) in [6.45, 7) is 4.02. The minimum Gasteiger partial charge on any atom is -0.482 e. The van der Waals surface area contributed by atoms with Crippen LogP contribution < -0.4 is 10.1 Å². The number of carbonyl (C=O) groups excluding carboxylic acids is 2. The molecule has 0 heterocycles. The van der Waals surface area contributed by atoms with Crippen molar-refractivity contribution in [2.45, 2.75) is 19.8 Å². The third-order valence-electron chi connectivity index (χ3n) is 2.69. The van der Waals surface area contributed by atoms with Crippen LogP contribution in [0.4, 0.5) is 0 Å². The molecular formula is C14H19NO4. The predicted molar refractivity (Wildman–Crippen MR) is 71.1 cm³/mol. The predicted octanol–water partition coefficient (Wildman–Crippen LogP) is 1.48. The maximum Gasteiger partial charge on any atom is 0.343 e. The number of amides is 1. The summed E-state index contributed by atoms with van der Waals surface area (Å²) in [4.78, 5) is 21.8. The molecule has 0 saturated carbocycles. The molecule has 1 unspecified atom stereocenters. The molecule has 1 amide bonds. The van der Waals surface area contributed by atoms with Crippen molar-refractivity contribution in [3.63, 3.8) is 0 Å². The summed E-state index contributed by atoms with van der Waals surface area (Å²) < 4.78 is 9.73. The first-order chi connectivity index (χ1) is 9.02. The van der Waals surface area contributed by atoms with Gasteiger partial charge in [0, 0.05) is 13.5 Å². The average molecular weight is 265 g/mol. The lowest BCUT2D eigenvalue weighted by atomic mass is 10.0. The van der Waals surface area contributed by atoms with Gasteiger partial charge in [-0.1, -0.05) is 19.1 Å². The highest BCUT2D eigenvalue weighted by Gasteiger charge is 2.07. The van der Waals surface area contributed by atoms with Crippen molar-refractivity contribution in [2.75, 3.05) is 20.3 Å². The molecular weight excluding hydrogens is 246 g/mol. The van der Waals surface area contributed by atoms with Crippen LogP contribution in [0.1, 0.15) is 25.3 Å². The Balaban J connectivity index is 2.50. The van der Waals surface area contributed by atoms with Gasteiger partial charge in [-0.15, -0.1) is 0 Å². The van der Waals surface area contributed by atoms with Crippen LogP contribution in [0, 0.1) is 0 Å². The molecule has 0 aliphatic carbocycles. The van der Waals surface area contributed by atoms with Gasteiger partial charge in [-0.05, 0) is 23.6 Å². The molecule has 0 fully saturated rings. The summed E-state index contributed by atoms with van der Waals surface area (Å²) in [5, 5.41) is 2.77. The number of hydrogen-bond acceptors (Lipinski definition) is 4. The van der Waals surface area contributed by atoms with E-state index in [2.05, 4.69) is 10.1 Å². The van der Waals surface area contributed by atoms with Gasteiger partial charge in [-0.3, -0.25) is 4.79 Å². The lowest BCUT2D eigenvalue weighted by Crippen LogP contribution is -2.24. The summed E-state index contributed by atoms with van der Waals surface area (Å²) in [6.07, 6.45) is 0. The molecule has 1 aromatic carbocycles. The molecule has 1 atom stereocenters. The number of benzene rings is 1. The standard InChI is InChI=1S/C14H19NO4/c1-10(8-15-11(2)16)12-4-6-13(7-5-12)19-9-14(17)18-3/h4-7,10H,8-9H2,1-3H3,(H,15,16).